The molecular formula is C16H16OS. The summed E-state index contributed by atoms with van der Waals surface area (Å²) in [6, 6.07) is 20.2. The molecule has 0 N–H and O–H groups in total. The van der Waals surface area contributed by atoms with Crippen LogP contribution < -0.4 is 0 Å². The number of thioether (sulfide) groups is 1. The monoisotopic (exact) mass is 256 g/mol. The van der Waals surface area contributed by atoms with Crippen molar-refractivity contribution < 1.29 is 4.79 Å². The summed E-state index contributed by atoms with van der Waals surface area (Å²) in [5, 5.41) is 0. The average molecular weight is 256 g/mol. The van der Waals surface area contributed by atoms with E-state index in [0.717, 1.165) is 11.3 Å². The van der Waals surface area contributed by atoms with Crippen LogP contribution in [0.5, 0.6) is 0 Å². The van der Waals surface area contributed by atoms with Crippen LogP contribution in [0.2, 0.25) is 0 Å². The van der Waals surface area contributed by atoms with Crippen LogP contribution in [0, 0.1) is 0 Å². The average Bonchev–Trinajstić information content (AvgIpc) is 2.45. The van der Waals surface area contributed by atoms with Crippen molar-refractivity contribution in [2.24, 2.45) is 0 Å². The molecule has 0 amide bonds. The molecule has 2 heteroatoms. The molecule has 0 bridgehead atoms. The van der Waals surface area contributed by atoms with Crippen LogP contribution in [0.25, 0.3) is 0 Å². The number of hydrogen-bond donors (Lipinski definition) is 0. The molecular weight excluding hydrogens is 240 g/mol. The zero-order valence-corrected chi connectivity index (χ0v) is 11.0. The molecule has 92 valence electrons. The summed E-state index contributed by atoms with van der Waals surface area (Å²) < 4.78 is 0. The lowest BCUT2D eigenvalue weighted by Crippen LogP contribution is -2.03. The van der Waals surface area contributed by atoms with Crippen LogP contribution in [-0.2, 0) is 11.2 Å². The van der Waals surface area contributed by atoms with E-state index in [1.54, 1.807) is 11.8 Å². The highest BCUT2D eigenvalue weighted by molar-refractivity contribution is 8.00. The van der Waals surface area contributed by atoms with Crippen LogP contribution >= 0.6 is 11.8 Å². The van der Waals surface area contributed by atoms with Gasteiger partial charge < -0.3 is 0 Å². The van der Waals surface area contributed by atoms with Crippen molar-refractivity contribution >= 4 is 17.5 Å². The van der Waals surface area contributed by atoms with Crippen LogP contribution in [0.15, 0.2) is 65.6 Å². The van der Waals surface area contributed by atoms with E-state index in [2.05, 4.69) is 12.1 Å². The van der Waals surface area contributed by atoms with Crippen molar-refractivity contribution in [1.29, 1.82) is 0 Å². The Hall–Kier alpha value is -1.54. The minimum Gasteiger partial charge on any atom is -0.299 e. The fourth-order valence-electron chi connectivity index (χ4n) is 1.68. The minimum absolute atomic E-state index is 0.313. The van der Waals surface area contributed by atoms with Gasteiger partial charge in [-0.15, -0.1) is 11.8 Å². The fourth-order valence-corrected chi connectivity index (χ4v) is 2.50. The van der Waals surface area contributed by atoms with Gasteiger partial charge in [0.2, 0.25) is 0 Å². The van der Waals surface area contributed by atoms with Crippen molar-refractivity contribution in [2.45, 2.75) is 17.7 Å². The first-order chi connectivity index (χ1) is 8.84. The lowest BCUT2D eigenvalue weighted by Gasteiger charge is -2.02. The van der Waals surface area contributed by atoms with E-state index in [1.807, 2.05) is 48.5 Å². The SMILES string of the molecule is O=C(CCc1ccccc1)CSc1ccccc1. The number of carbonyl (C=O) groups is 1. The Morgan fingerprint density at radius 2 is 1.50 bits per heavy atom. The highest BCUT2D eigenvalue weighted by atomic mass is 32.2. The molecule has 0 aliphatic rings. The van der Waals surface area contributed by atoms with Gasteiger partial charge in [0, 0.05) is 11.3 Å². The molecule has 0 fully saturated rings. The highest BCUT2D eigenvalue weighted by Gasteiger charge is 2.03. The van der Waals surface area contributed by atoms with Gasteiger partial charge in [0.15, 0.2) is 0 Å². The molecule has 0 radical (unpaired) electrons. The Morgan fingerprint density at radius 3 is 2.17 bits per heavy atom. The van der Waals surface area contributed by atoms with Gasteiger partial charge in [-0.25, -0.2) is 0 Å². The number of rotatable bonds is 6. The third-order valence-electron chi connectivity index (χ3n) is 2.68. The normalized spacial score (nSPS) is 10.2. The lowest BCUT2D eigenvalue weighted by molar-refractivity contribution is -0.116. The molecule has 0 heterocycles. The van der Waals surface area contributed by atoms with Crippen molar-refractivity contribution in [3.8, 4) is 0 Å². The van der Waals surface area contributed by atoms with E-state index in [4.69, 9.17) is 0 Å². The van der Waals surface area contributed by atoms with E-state index < -0.39 is 0 Å². The third kappa shape index (κ3) is 4.38. The van der Waals surface area contributed by atoms with Gasteiger partial charge in [-0.3, -0.25) is 4.79 Å². The predicted molar refractivity (Wildman–Crippen MR) is 76.9 cm³/mol. The summed E-state index contributed by atoms with van der Waals surface area (Å²) in [4.78, 5) is 12.9. The first-order valence-corrected chi connectivity index (χ1v) is 7.06. The molecule has 0 saturated heterocycles. The Kier molecular flexibility index (Phi) is 5.03. The van der Waals surface area contributed by atoms with Gasteiger partial charge in [-0.1, -0.05) is 48.5 Å². The first kappa shape index (κ1) is 12.9. The number of aryl methyl sites for hydroxylation is 1. The van der Waals surface area contributed by atoms with Crippen molar-refractivity contribution in [2.75, 3.05) is 5.75 Å². The van der Waals surface area contributed by atoms with E-state index >= 15 is 0 Å². The van der Waals surface area contributed by atoms with Crippen LogP contribution in [0.1, 0.15) is 12.0 Å². The maximum Gasteiger partial charge on any atom is 0.143 e. The predicted octanol–water partition coefficient (Wildman–Crippen LogP) is 3.98. The summed E-state index contributed by atoms with van der Waals surface area (Å²) in [6.45, 7) is 0. The first-order valence-electron chi connectivity index (χ1n) is 6.08. The maximum atomic E-state index is 11.8. The molecule has 1 nitrogen and oxygen atoms in total. The maximum absolute atomic E-state index is 11.8. The van der Waals surface area contributed by atoms with E-state index in [-0.39, 0.29) is 0 Å². The zero-order chi connectivity index (χ0) is 12.6. The Morgan fingerprint density at radius 1 is 0.889 bits per heavy atom. The number of hydrogen-bond acceptors (Lipinski definition) is 2. The highest BCUT2D eigenvalue weighted by Crippen LogP contribution is 2.17. The Balaban J connectivity index is 1.73. The molecule has 0 aliphatic carbocycles. The quantitative estimate of drug-likeness (QED) is 0.727. The number of Topliss-reactive ketones (excluding diaryl/α,β-unsaturated/α-hetero) is 1. The summed E-state index contributed by atoms with van der Waals surface area (Å²) in [5.74, 6) is 0.879. The molecule has 0 saturated carbocycles. The topological polar surface area (TPSA) is 17.1 Å². The van der Waals surface area contributed by atoms with Crippen LogP contribution in [-0.4, -0.2) is 11.5 Å². The molecule has 2 aromatic carbocycles. The second kappa shape index (κ2) is 7.02. The number of ketones is 1. The Labute approximate surface area is 112 Å². The van der Waals surface area contributed by atoms with Crippen molar-refractivity contribution in [1.82, 2.24) is 0 Å². The largest absolute Gasteiger partial charge is 0.299 e. The summed E-state index contributed by atoms with van der Waals surface area (Å²) in [6.07, 6.45) is 1.47. The lowest BCUT2D eigenvalue weighted by atomic mass is 10.1. The molecule has 18 heavy (non-hydrogen) atoms. The van der Waals surface area contributed by atoms with E-state index in [9.17, 15) is 4.79 Å². The Bertz CT molecular complexity index is 433. The molecule has 2 aromatic rings. The number of benzene rings is 2. The zero-order valence-electron chi connectivity index (χ0n) is 10.2. The van der Waals surface area contributed by atoms with Gasteiger partial charge in [0.1, 0.15) is 5.78 Å². The summed E-state index contributed by atoms with van der Waals surface area (Å²) >= 11 is 1.61. The molecule has 0 unspecified atom stereocenters. The van der Waals surface area contributed by atoms with Crippen molar-refractivity contribution in [3.63, 3.8) is 0 Å². The number of carbonyl (C=O) groups excluding carboxylic acids is 1. The molecule has 2 rings (SSSR count). The van der Waals surface area contributed by atoms with Gasteiger partial charge >= 0.3 is 0 Å². The molecule has 0 aliphatic heterocycles. The second-order valence-electron chi connectivity index (χ2n) is 4.13. The smallest absolute Gasteiger partial charge is 0.143 e. The van der Waals surface area contributed by atoms with Crippen LogP contribution in [0.3, 0.4) is 0 Å². The second-order valence-corrected chi connectivity index (χ2v) is 5.17. The van der Waals surface area contributed by atoms with Gasteiger partial charge in [-0.05, 0) is 24.1 Å². The third-order valence-corrected chi connectivity index (χ3v) is 3.75. The molecule has 0 atom stereocenters. The van der Waals surface area contributed by atoms with E-state index in [1.165, 1.54) is 5.56 Å². The fraction of sp³-hybridized carbons (Fsp3) is 0.188. The summed E-state index contributed by atoms with van der Waals surface area (Å²) in [5.41, 5.74) is 1.23. The van der Waals surface area contributed by atoms with Gasteiger partial charge in [0.25, 0.3) is 0 Å². The van der Waals surface area contributed by atoms with E-state index in [0.29, 0.717) is 18.0 Å². The molecule has 0 spiro atoms. The van der Waals surface area contributed by atoms with Gasteiger partial charge in [0.05, 0.1) is 5.75 Å². The van der Waals surface area contributed by atoms with Crippen LogP contribution in [0.4, 0.5) is 0 Å². The molecule has 0 aromatic heterocycles. The van der Waals surface area contributed by atoms with Crippen molar-refractivity contribution in [3.05, 3.63) is 66.2 Å². The van der Waals surface area contributed by atoms with Gasteiger partial charge in [-0.2, -0.15) is 0 Å². The standard InChI is InChI=1S/C16H16OS/c17-15(12-11-14-7-3-1-4-8-14)13-18-16-9-5-2-6-10-16/h1-10H,11-13H2. The minimum atomic E-state index is 0.313. The summed E-state index contributed by atoms with van der Waals surface area (Å²) in [7, 11) is 0.